The van der Waals surface area contributed by atoms with Crippen molar-refractivity contribution >= 4 is 35.1 Å². The van der Waals surface area contributed by atoms with Crippen LogP contribution in [-0.4, -0.2) is 96.5 Å². The Morgan fingerprint density at radius 2 is 0.802 bits per heavy atom. The molecule has 4 aromatic carbocycles. The number of benzene rings is 4. The van der Waals surface area contributed by atoms with E-state index in [0.29, 0.717) is 49.6 Å². The number of nitrogens with one attached hydrogen (secondary N) is 2. The van der Waals surface area contributed by atoms with E-state index >= 15 is 0 Å². The molecule has 4 aliphatic heterocycles. The number of esters is 2. The van der Waals surface area contributed by atoms with Gasteiger partial charge in [0.1, 0.15) is 61.4 Å². The van der Waals surface area contributed by atoms with E-state index in [1.54, 1.807) is 26.0 Å². The van der Waals surface area contributed by atoms with Crippen LogP contribution in [0.5, 0.6) is 34.5 Å². The molecule has 0 fully saturated rings. The molecule has 0 saturated heterocycles. The van der Waals surface area contributed by atoms with E-state index in [9.17, 15) is 19.2 Å². The van der Waals surface area contributed by atoms with Crippen molar-refractivity contribution in [1.29, 1.82) is 0 Å². The Kier molecular flexibility index (Phi) is 31.3. The zero-order valence-electron chi connectivity index (χ0n) is 52.6. The van der Waals surface area contributed by atoms with Crippen molar-refractivity contribution in [2.24, 2.45) is 0 Å². The first-order chi connectivity index (χ1) is 41.6. The molecule has 0 aliphatic carbocycles. The Labute approximate surface area is 513 Å². The number of rotatable bonds is 28. The number of carbonyl (C=O) groups is 4. The summed E-state index contributed by atoms with van der Waals surface area (Å²) in [5.74, 6) is 3.48. The van der Waals surface area contributed by atoms with Gasteiger partial charge in [-0.25, -0.2) is 9.59 Å². The molecule has 0 radical (unpaired) electrons. The number of nitrogens with zero attached hydrogens (tertiary/aromatic N) is 4. The number of carbonyl (C=O) groups excluding carboxylic acids is 4. The molecule has 4 aromatic rings. The van der Waals surface area contributed by atoms with E-state index in [-0.39, 0.29) is 11.8 Å². The van der Waals surface area contributed by atoms with Gasteiger partial charge in [-0.05, 0) is 118 Å². The highest BCUT2D eigenvalue weighted by Crippen LogP contribution is 2.33. The fourth-order valence-electron chi connectivity index (χ4n) is 9.81. The summed E-state index contributed by atoms with van der Waals surface area (Å²) >= 11 is 0. The van der Waals surface area contributed by atoms with Crippen LogP contribution in [0.1, 0.15) is 167 Å². The summed E-state index contributed by atoms with van der Waals surface area (Å²) in [7, 11) is 0. The lowest BCUT2D eigenvalue weighted by molar-refractivity contribution is -0.130. The minimum Gasteiger partial charge on any atom is -0.478 e. The highest BCUT2D eigenvalue weighted by Gasteiger charge is 2.22. The summed E-state index contributed by atoms with van der Waals surface area (Å²) in [5.41, 5.74) is 6.86. The van der Waals surface area contributed by atoms with Crippen LogP contribution in [0.4, 0.5) is 11.4 Å². The third kappa shape index (κ3) is 25.0. The number of amides is 2. The SMILES string of the molecule is C=C(C)C(=O)Nc1ccc2c(c1)CN(CCCCCC)CO2.C=C(C)C(=O)Oc1ccc2c(c1)CN(CCCCCC)CO2.C=CC(=O)Nc1ccc2c(c1)CN(CCCCCC)CO2.C=CC(=O)Oc1ccc2c(c1)CN(CCCCCC)CO2. The molecule has 0 atom stereocenters. The summed E-state index contributed by atoms with van der Waals surface area (Å²) in [6.07, 6.45) is 22.5. The Hall–Kier alpha value is -7.24. The zero-order chi connectivity index (χ0) is 62.1. The van der Waals surface area contributed by atoms with Crippen LogP contribution in [0.3, 0.4) is 0 Å². The van der Waals surface area contributed by atoms with Gasteiger partial charge in [-0.2, -0.15) is 0 Å². The van der Waals surface area contributed by atoms with Crippen molar-refractivity contribution in [2.45, 2.75) is 170 Å². The smallest absolute Gasteiger partial charge is 0.338 e. The lowest BCUT2D eigenvalue weighted by Gasteiger charge is -2.29. The summed E-state index contributed by atoms with van der Waals surface area (Å²) in [6.45, 7) is 36.5. The molecule has 8 rings (SSSR count). The maximum atomic E-state index is 11.7. The average molecular weight is 1180 g/mol. The monoisotopic (exact) mass is 1180 g/mol. The summed E-state index contributed by atoms with van der Waals surface area (Å²) in [6, 6.07) is 22.5. The minimum absolute atomic E-state index is 0.145. The first-order valence-electron chi connectivity index (χ1n) is 31.2. The Morgan fingerprint density at radius 3 is 1.14 bits per heavy atom. The van der Waals surface area contributed by atoms with Crippen molar-refractivity contribution in [3.63, 3.8) is 0 Å². The van der Waals surface area contributed by atoms with E-state index < -0.39 is 11.9 Å². The summed E-state index contributed by atoms with van der Waals surface area (Å²) < 4.78 is 33.5. The van der Waals surface area contributed by atoms with Crippen LogP contribution in [0.15, 0.2) is 122 Å². The number of hydrogen-bond donors (Lipinski definition) is 2. The minimum atomic E-state index is -0.442. The van der Waals surface area contributed by atoms with Crippen LogP contribution in [0, 0.1) is 0 Å². The first kappa shape index (κ1) is 69.5. The lowest BCUT2D eigenvalue weighted by Crippen LogP contribution is -2.32. The second kappa shape index (κ2) is 38.7. The molecular formula is C70H98N6O10. The maximum Gasteiger partial charge on any atom is 0.338 e. The second-order valence-corrected chi connectivity index (χ2v) is 22.5. The molecule has 16 nitrogen and oxygen atoms in total. The fraction of sp³-hybridized carbons (Fsp3) is 0.486. The Bertz CT molecular complexity index is 2640. The molecule has 2 N–H and O–H groups in total. The Morgan fingerprint density at radius 1 is 0.453 bits per heavy atom. The third-order valence-electron chi connectivity index (χ3n) is 14.7. The number of fused-ring (bicyclic) bond motifs is 4. The molecule has 0 unspecified atom stereocenters. The molecule has 4 heterocycles. The molecule has 468 valence electrons. The molecule has 86 heavy (non-hydrogen) atoms. The van der Waals surface area contributed by atoms with Crippen LogP contribution >= 0.6 is 0 Å². The van der Waals surface area contributed by atoms with E-state index in [2.05, 4.69) is 84.2 Å². The molecule has 0 bridgehead atoms. The van der Waals surface area contributed by atoms with Gasteiger partial charge in [0.2, 0.25) is 5.91 Å². The van der Waals surface area contributed by atoms with E-state index in [0.717, 1.165) is 115 Å². The van der Waals surface area contributed by atoms with Crippen LogP contribution in [-0.2, 0) is 45.4 Å². The molecular weight excluding hydrogens is 1080 g/mol. The zero-order valence-corrected chi connectivity index (χ0v) is 52.6. The van der Waals surface area contributed by atoms with Gasteiger partial charge in [0.05, 0.1) is 0 Å². The fourth-order valence-corrected chi connectivity index (χ4v) is 9.81. The predicted molar refractivity (Wildman–Crippen MR) is 345 cm³/mol. The summed E-state index contributed by atoms with van der Waals surface area (Å²) in [4.78, 5) is 55.0. The van der Waals surface area contributed by atoms with Crippen LogP contribution in [0.2, 0.25) is 0 Å². The van der Waals surface area contributed by atoms with Crippen molar-refractivity contribution in [1.82, 2.24) is 19.6 Å². The number of unbranched alkanes of at least 4 members (excludes halogenated alkanes) is 12. The largest absolute Gasteiger partial charge is 0.478 e. The average Bonchev–Trinajstić information content (AvgIpc) is 2.62. The van der Waals surface area contributed by atoms with Crippen molar-refractivity contribution in [3.8, 4) is 34.5 Å². The van der Waals surface area contributed by atoms with Gasteiger partial charge >= 0.3 is 11.9 Å². The summed E-state index contributed by atoms with van der Waals surface area (Å²) in [5, 5.41) is 5.64. The van der Waals surface area contributed by atoms with E-state index in [1.807, 2.05) is 60.7 Å². The predicted octanol–water partition coefficient (Wildman–Crippen LogP) is 14.9. The van der Waals surface area contributed by atoms with Gasteiger partial charge in [0.25, 0.3) is 5.91 Å². The molecule has 2 amide bonds. The standard InChI is InChI=1S/C18H26N2O2.C18H25NO3.C17H24N2O2.C17H23NO3/c1-4-5-6-7-10-20-12-15-11-16(19-18(21)14(2)3)8-9-17(15)22-13-20;1-4-5-6-7-10-19-12-15-11-16(22-18(20)14(2)3)8-9-17(15)21-13-19;1-3-5-6-7-10-19-12-14-11-15(18-17(20)4-2)8-9-16(14)21-13-19;1-3-5-6-7-10-18-12-14-11-15(21-17(19)4-2)8-9-16(14)20-13-18/h8-9,11H,2,4-7,10,12-13H2,1,3H3,(H,19,21);8-9,11H,2,4-7,10,12-13H2,1,3H3;4,8-9,11H,2-3,5-7,10,12-13H2,1H3,(H,18,20);4,8-9,11H,2-3,5-7,10,12-13H2,1H3. The van der Waals surface area contributed by atoms with Gasteiger partial charge < -0.3 is 39.1 Å². The molecule has 0 spiro atoms. The molecule has 0 saturated carbocycles. The number of hydrogen-bond acceptors (Lipinski definition) is 14. The van der Waals surface area contributed by atoms with Crippen molar-refractivity contribution in [3.05, 3.63) is 145 Å². The van der Waals surface area contributed by atoms with Gasteiger partial charge in [0, 0.05) is 103 Å². The van der Waals surface area contributed by atoms with E-state index in [1.165, 1.54) is 109 Å². The maximum absolute atomic E-state index is 11.7. The van der Waals surface area contributed by atoms with Gasteiger partial charge in [-0.15, -0.1) is 0 Å². The topological polar surface area (TPSA) is 161 Å². The van der Waals surface area contributed by atoms with Crippen molar-refractivity contribution in [2.75, 3.05) is 63.7 Å². The van der Waals surface area contributed by atoms with Crippen molar-refractivity contribution < 1.29 is 47.6 Å². The third-order valence-corrected chi connectivity index (χ3v) is 14.7. The normalized spacial score (nSPS) is 14.1. The quantitative estimate of drug-likeness (QED) is 0.0239. The van der Waals surface area contributed by atoms with E-state index in [4.69, 9.17) is 28.4 Å². The molecule has 16 heteroatoms. The van der Waals surface area contributed by atoms with Gasteiger partial charge in [-0.1, -0.05) is 131 Å². The number of ether oxygens (including phenoxy) is 6. The Balaban J connectivity index is 0.000000209. The van der Waals surface area contributed by atoms with Gasteiger partial charge in [-0.3, -0.25) is 29.2 Å². The first-order valence-corrected chi connectivity index (χ1v) is 31.2. The van der Waals surface area contributed by atoms with Crippen LogP contribution in [0.25, 0.3) is 0 Å². The van der Waals surface area contributed by atoms with Crippen LogP contribution < -0.4 is 39.1 Å². The molecule has 0 aromatic heterocycles. The lowest BCUT2D eigenvalue weighted by atomic mass is 10.1. The second-order valence-electron chi connectivity index (χ2n) is 22.5. The highest BCUT2D eigenvalue weighted by atomic mass is 16.5. The highest BCUT2D eigenvalue weighted by molar-refractivity contribution is 6.03. The van der Waals surface area contributed by atoms with Gasteiger partial charge in [0.15, 0.2) is 0 Å². The molecule has 4 aliphatic rings. The number of anilines is 2.